The summed E-state index contributed by atoms with van der Waals surface area (Å²) in [5.41, 5.74) is 2.11. The summed E-state index contributed by atoms with van der Waals surface area (Å²) < 4.78 is 5.07. The Bertz CT molecular complexity index is 228. The lowest BCUT2D eigenvalue weighted by Gasteiger charge is -1.93. The summed E-state index contributed by atoms with van der Waals surface area (Å²) >= 11 is 9.82. The van der Waals surface area contributed by atoms with E-state index in [0.29, 0.717) is 10.1 Å². The third-order valence-corrected chi connectivity index (χ3v) is 2.26. The Kier molecular flexibility index (Phi) is 2.16. The van der Waals surface area contributed by atoms with Crippen molar-refractivity contribution < 1.29 is 4.74 Å². The first-order valence-corrected chi connectivity index (χ1v) is 3.94. The molecule has 0 bridgehead atoms. The number of rotatable bonds is 1. The van der Waals surface area contributed by atoms with Crippen molar-refractivity contribution in [2.45, 2.75) is 20.3 Å². The Labute approximate surface area is 71.1 Å². The molecule has 10 heavy (non-hydrogen) atoms. The molecule has 0 saturated carbocycles. The van der Waals surface area contributed by atoms with Crippen LogP contribution in [0.2, 0.25) is 0 Å². The molecule has 1 aliphatic heterocycles. The molecule has 0 N–H and O–H groups in total. The summed E-state index contributed by atoms with van der Waals surface area (Å²) in [7, 11) is 0. The third-order valence-electron chi connectivity index (χ3n) is 1.54. The standard InChI is InChI=1S/C7H8OS2/c1-3-5-4(2)6(9)8-7(5)10/h3H2,1-2H3. The molecule has 0 radical (unpaired) electrons. The average Bonchev–Trinajstić information content (AvgIpc) is 2.09. The van der Waals surface area contributed by atoms with E-state index in [1.807, 2.05) is 13.8 Å². The van der Waals surface area contributed by atoms with Crippen molar-refractivity contribution in [3.63, 3.8) is 0 Å². The van der Waals surface area contributed by atoms with Crippen LogP contribution in [0.3, 0.4) is 0 Å². The number of thiocarbonyl (C=S) groups is 2. The second-order valence-corrected chi connectivity index (χ2v) is 2.88. The first-order chi connectivity index (χ1) is 4.66. The molecule has 54 valence electrons. The van der Waals surface area contributed by atoms with Gasteiger partial charge >= 0.3 is 0 Å². The van der Waals surface area contributed by atoms with E-state index in [1.165, 1.54) is 0 Å². The smallest absolute Gasteiger partial charge is 0.195 e. The fourth-order valence-electron chi connectivity index (χ4n) is 0.908. The third kappa shape index (κ3) is 1.11. The van der Waals surface area contributed by atoms with Crippen molar-refractivity contribution in [1.82, 2.24) is 0 Å². The summed E-state index contributed by atoms with van der Waals surface area (Å²) in [5.74, 6) is 0. The molecule has 0 saturated heterocycles. The molecule has 1 aliphatic rings. The fourth-order valence-corrected chi connectivity index (χ4v) is 1.55. The summed E-state index contributed by atoms with van der Waals surface area (Å²) in [4.78, 5) is 0. The predicted octanol–water partition coefficient (Wildman–Crippen LogP) is 2.40. The van der Waals surface area contributed by atoms with Gasteiger partial charge < -0.3 is 4.74 Å². The van der Waals surface area contributed by atoms with Crippen molar-refractivity contribution in [3.8, 4) is 0 Å². The van der Waals surface area contributed by atoms with Crippen LogP contribution in [0.1, 0.15) is 20.3 Å². The van der Waals surface area contributed by atoms with Crippen molar-refractivity contribution in [3.05, 3.63) is 11.1 Å². The number of hydrogen-bond donors (Lipinski definition) is 0. The van der Waals surface area contributed by atoms with Gasteiger partial charge in [0.25, 0.3) is 0 Å². The van der Waals surface area contributed by atoms with E-state index in [0.717, 1.165) is 17.6 Å². The van der Waals surface area contributed by atoms with E-state index in [2.05, 4.69) is 0 Å². The molecule has 0 aromatic heterocycles. The highest BCUT2D eigenvalue weighted by Gasteiger charge is 2.21. The monoisotopic (exact) mass is 172 g/mol. The molecule has 1 rings (SSSR count). The van der Waals surface area contributed by atoms with Crippen LogP contribution in [-0.2, 0) is 4.74 Å². The Balaban J connectivity index is 3.01. The van der Waals surface area contributed by atoms with Crippen LogP contribution in [0, 0.1) is 0 Å². The molecule has 0 spiro atoms. The average molecular weight is 172 g/mol. The highest BCUT2D eigenvalue weighted by atomic mass is 32.1. The lowest BCUT2D eigenvalue weighted by atomic mass is 10.1. The van der Waals surface area contributed by atoms with Gasteiger partial charge in [-0.3, -0.25) is 0 Å². The second-order valence-electron chi connectivity index (χ2n) is 2.13. The van der Waals surface area contributed by atoms with Gasteiger partial charge in [0.1, 0.15) is 0 Å². The summed E-state index contributed by atoms with van der Waals surface area (Å²) in [5, 5.41) is 1.10. The minimum atomic E-state index is 0.543. The quantitative estimate of drug-likeness (QED) is 0.562. The maximum absolute atomic E-state index is 5.07. The van der Waals surface area contributed by atoms with Gasteiger partial charge in [-0.15, -0.1) is 0 Å². The van der Waals surface area contributed by atoms with Crippen LogP contribution in [0.5, 0.6) is 0 Å². The van der Waals surface area contributed by atoms with Crippen molar-refractivity contribution in [1.29, 1.82) is 0 Å². The maximum atomic E-state index is 5.07. The van der Waals surface area contributed by atoms with Gasteiger partial charge in [-0.1, -0.05) is 6.92 Å². The molecule has 1 nitrogen and oxygen atoms in total. The molecule has 3 heteroatoms. The minimum Gasteiger partial charge on any atom is -0.434 e. The van der Waals surface area contributed by atoms with Gasteiger partial charge in [0, 0.05) is 11.1 Å². The van der Waals surface area contributed by atoms with E-state index in [1.54, 1.807) is 0 Å². The van der Waals surface area contributed by atoms with Crippen LogP contribution in [0.15, 0.2) is 11.1 Å². The molecule has 0 aromatic carbocycles. The van der Waals surface area contributed by atoms with Crippen molar-refractivity contribution in [2.75, 3.05) is 0 Å². The van der Waals surface area contributed by atoms with Crippen LogP contribution < -0.4 is 0 Å². The zero-order chi connectivity index (χ0) is 7.72. The largest absolute Gasteiger partial charge is 0.434 e. The van der Waals surface area contributed by atoms with Crippen LogP contribution in [0.4, 0.5) is 0 Å². The highest BCUT2D eigenvalue weighted by molar-refractivity contribution is 7.82. The van der Waals surface area contributed by atoms with Gasteiger partial charge in [0.05, 0.1) is 0 Å². The van der Waals surface area contributed by atoms with Crippen LogP contribution in [0.25, 0.3) is 0 Å². The van der Waals surface area contributed by atoms with E-state index < -0.39 is 0 Å². The maximum Gasteiger partial charge on any atom is 0.195 e. The molecule has 0 amide bonds. The SMILES string of the molecule is CCC1=C(C)C(=S)OC1=S. The lowest BCUT2D eigenvalue weighted by Crippen LogP contribution is -1.96. The molecular weight excluding hydrogens is 164 g/mol. The van der Waals surface area contributed by atoms with Gasteiger partial charge in [0.2, 0.25) is 0 Å². The van der Waals surface area contributed by atoms with Crippen molar-refractivity contribution >= 4 is 34.5 Å². The highest BCUT2D eigenvalue weighted by Crippen LogP contribution is 2.21. The topological polar surface area (TPSA) is 9.23 Å². The second kappa shape index (κ2) is 2.76. The Hall–Kier alpha value is -0.280. The molecular formula is C7H8OS2. The van der Waals surface area contributed by atoms with Crippen molar-refractivity contribution in [2.24, 2.45) is 0 Å². The van der Waals surface area contributed by atoms with Gasteiger partial charge in [0.15, 0.2) is 10.1 Å². The van der Waals surface area contributed by atoms with Crippen LogP contribution in [-0.4, -0.2) is 10.1 Å². The lowest BCUT2D eigenvalue weighted by molar-refractivity contribution is 0.587. The Morgan fingerprint density at radius 3 is 2.10 bits per heavy atom. The summed E-state index contributed by atoms with van der Waals surface area (Å²) in [6.45, 7) is 3.99. The number of hydrogen-bond acceptors (Lipinski definition) is 3. The predicted molar refractivity (Wildman–Crippen MR) is 49.3 cm³/mol. The summed E-state index contributed by atoms with van der Waals surface area (Å²) in [6.07, 6.45) is 0.908. The molecule has 0 unspecified atom stereocenters. The van der Waals surface area contributed by atoms with E-state index in [9.17, 15) is 0 Å². The first-order valence-electron chi connectivity index (χ1n) is 3.13. The Morgan fingerprint density at radius 2 is 1.90 bits per heavy atom. The molecule has 1 heterocycles. The first kappa shape index (κ1) is 7.82. The summed E-state index contributed by atoms with van der Waals surface area (Å²) in [6, 6.07) is 0. The van der Waals surface area contributed by atoms with E-state index in [4.69, 9.17) is 29.2 Å². The molecule has 0 atom stereocenters. The van der Waals surface area contributed by atoms with Gasteiger partial charge in [-0.25, -0.2) is 0 Å². The zero-order valence-corrected chi connectivity index (χ0v) is 7.56. The molecule has 0 aromatic rings. The number of ether oxygens (including phenoxy) is 1. The van der Waals surface area contributed by atoms with Gasteiger partial charge in [-0.05, 0) is 37.8 Å². The normalized spacial score (nSPS) is 18.2. The van der Waals surface area contributed by atoms with Gasteiger partial charge in [-0.2, -0.15) is 0 Å². The van der Waals surface area contributed by atoms with E-state index >= 15 is 0 Å². The van der Waals surface area contributed by atoms with E-state index in [-0.39, 0.29) is 0 Å². The fraction of sp³-hybridized carbons (Fsp3) is 0.429. The Morgan fingerprint density at radius 1 is 1.30 bits per heavy atom. The van der Waals surface area contributed by atoms with Crippen LogP contribution >= 0.6 is 24.4 Å². The zero-order valence-electron chi connectivity index (χ0n) is 5.93. The molecule has 0 aliphatic carbocycles. The minimum absolute atomic E-state index is 0.543. The molecule has 0 fully saturated rings.